The summed E-state index contributed by atoms with van der Waals surface area (Å²) in [6, 6.07) is 5.58. The van der Waals surface area contributed by atoms with E-state index < -0.39 is 6.10 Å². The molecule has 0 bridgehead atoms. The van der Waals surface area contributed by atoms with E-state index in [0.29, 0.717) is 12.1 Å². The molecule has 0 heterocycles. The van der Waals surface area contributed by atoms with Crippen LogP contribution in [0.3, 0.4) is 0 Å². The zero-order valence-corrected chi connectivity index (χ0v) is 11.0. The molecule has 2 N–H and O–H groups in total. The summed E-state index contributed by atoms with van der Waals surface area (Å²) in [5, 5.41) is 11.9. The minimum Gasteiger partial charge on any atom is -0.393 e. The SMILES string of the molecule is CC(=O)Cc1ccc(C)cc1NC(=O)CC(C)O. The lowest BCUT2D eigenvalue weighted by Gasteiger charge is -2.12. The minimum absolute atomic E-state index is 0.0462. The van der Waals surface area contributed by atoms with Gasteiger partial charge in [0.25, 0.3) is 0 Å². The van der Waals surface area contributed by atoms with Gasteiger partial charge in [-0.1, -0.05) is 12.1 Å². The van der Waals surface area contributed by atoms with E-state index in [0.717, 1.165) is 11.1 Å². The monoisotopic (exact) mass is 249 g/mol. The quantitative estimate of drug-likeness (QED) is 0.836. The number of aryl methyl sites for hydroxylation is 1. The van der Waals surface area contributed by atoms with Crippen molar-refractivity contribution in [3.05, 3.63) is 29.3 Å². The highest BCUT2D eigenvalue weighted by Crippen LogP contribution is 2.19. The molecule has 0 fully saturated rings. The maximum atomic E-state index is 11.6. The number of aliphatic hydroxyl groups is 1. The van der Waals surface area contributed by atoms with E-state index >= 15 is 0 Å². The van der Waals surface area contributed by atoms with E-state index in [1.54, 1.807) is 6.92 Å². The lowest BCUT2D eigenvalue weighted by Crippen LogP contribution is -2.18. The number of benzene rings is 1. The Bertz CT molecular complexity index is 452. The number of rotatable bonds is 5. The molecule has 0 aromatic heterocycles. The van der Waals surface area contributed by atoms with Gasteiger partial charge in [-0.05, 0) is 38.0 Å². The standard InChI is InChI=1S/C14H19NO3/c1-9-4-5-12(7-10(2)16)13(6-9)15-14(18)8-11(3)17/h4-6,11,17H,7-8H2,1-3H3,(H,15,18). The molecule has 0 saturated heterocycles. The van der Waals surface area contributed by atoms with Crippen molar-refractivity contribution < 1.29 is 14.7 Å². The summed E-state index contributed by atoms with van der Waals surface area (Å²) in [6.45, 7) is 5.00. The first-order valence-corrected chi connectivity index (χ1v) is 5.95. The van der Waals surface area contributed by atoms with Crippen LogP contribution in [0.1, 0.15) is 31.4 Å². The molecule has 1 aromatic carbocycles. The maximum absolute atomic E-state index is 11.6. The number of nitrogens with one attached hydrogen (secondary N) is 1. The van der Waals surface area contributed by atoms with Gasteiger partial charge >= 0.3 is 0 Å². The third kappa shape index (κ3) is 4.67. The number of amides is 1. The Morgan fingerprint density at radius 1 is 1.39 bits per heavy atom. The van der Waals surface area contributed by atoms with Gasteiger partial charge in [0.05, 0.1) is 12.5 Å². The predicted octanol–water partition coefficient (Wildman–Crippen LogP) is 1.84. The summed E-state index contributed by atoms with van der Waals surface area (Å²) < 4.78 is 0. The Hall–Kier alpha value is -1.68. The molecular weight excluding hydrogens is 230 g/mol. The average molecular weight is 249 g/mol. The van der Waals surface area contributed by atoms with Crippen molar-refractivity contribution in [3.8, 4) is 0 Å². The van der Waals surface area contributed by atoms with Gasteiger partial charge < -0.3 is 10.4 Å². The van der Waals surface area contributed by atoms with Gasteiger partial charge in [-0.25, -0.2) is 0 Å². The highest BCUT2D eigenvalue weighted by molar-refractivity contribution is 5.93. The lowest BCUT2D eigenvalue weighted by atomic mass is 10.0. The fourth-order valence-corrected chi connectivity index (χ4v) is 1.70. The van der Waals surface area contributed by atoms with Crippen LogP contribution in [-0.4, -0.2) is 22.9 Å². The molecule has 1 aromatic rings. The topological polar surface area (TPSA) is 66.4 Å². The molecule has 1 rings (SSSR count). The largest absolute Gasteiger partial charge is 0.393 e. The normalized spacial score (nSPS) is 12.0. The average Bonchev–Trinajstić information content (AvgIpc) is 2.20. The van der Waals surface area contributed by atoms with Crippen molar-refractivity contribution in [1.29, 1.82) is 0 Å². The number of carbonyl (C=O) groups excluding carboxylic acids is 2. The number of hydrogen-bond acceptors (Lipinski definition) is 3. The van der Waals surface area contributed by atoms with Crippen LogP contribution in [0.15, 0.2) is 18.2 Å². The Balaban J connectivity index is 2.88. The Morgan fingerprint density at radius 2 is 2.06 bits per heavy atom. The van der Waals surface area contributed by atoms with Crippen molar-refractivity contribution in [2.45, 2.75) is 39.7 Å². The molecular formula is C14H19NO3. The number of carbonyl (C=O) groups is 2. The first kappa shape index (κ1) is 14.4. The second-order valence-electron chi connectivity index (χ2n) is 4.64. The van der Waals surface area contributed by atoms with Crippen LogP contribution in [0.2, 0.25) is 0 Å². The van der Waals surface area contributed by atoms with E-state index in [4.69, 9.17) is 5.11 Å². The lowest BCUT2D eigenvalue weighted by molar-refractivity contribution is -0.118. The summed E-state index contributed by atoms with van der Waals surface area (Å²) >= 11 is 0. The van der Waals surface area contributed by atoms with Crippen molar-refractivity contribution in [2.75, 3.05) is 5.32 Å². The van der Waals surface area contributed by atoms with Gasteiger partial charge in [-0.2, -0.15) is 0 Å². The van der Waals surface area contributed by atoms with Crippen LogP contribution < -0.4 is 5.32 Å². The summed E-state index contributed by atoms with van der Waals surface area (Å²) in [6.07, 6.45) is -0.330. The van der Waals surface area contributed by atoms with E-state index in [1.165, 1.54) is 6.92 Å². The Kier molecular flexibility index (Phi) is 5.04. The van der Waals surface area contributed by atoms with E-state index in [2.05, 4.69) is 5.32 Å². The summed E-state index contributed by atoms with van der Waals surface area (Å²) in [5.41, 5.74) is 2.46. The molecule has 0 spiro atoms. The van der Waals surface area contributed by atoms with Crippen LogP contribution in [0, 0.1) is 6.92 Å². The van der Waals surface area contributed by atoms with Crippen LogP contribution >= 0.6 is 0 Å². The van der Waals surface area contributed by atoms with Crippen LogP contribution in [0.5, 0.6) is 0 Å². The summed E-state index contributed by atoms with van der Waals surface area (Å²) in [4.78, 5) is 22.8. The fourth-order valence-electron chi connectivity index (χ4n) is 1.70. The van der Waals surface area contributed by atoms with Gasteiger partial charge in [0, 0.05) is 12.1 Å². The molecule has 0 radical (unpaired) electrons. The molecule has 1 atom stereocenters. The Labute approximate surface area is 107 Å². The van der Waals surface area contributed by atoms with Gasteiger partial charge in [0.1, 0.15) is 5.78 Å². The van der Waals surface area contributed by atoms with Crippen LogP contribution in [0.25, 0.3) is 0 Å². The number of anilines is 1. The van der Waals surface area contributed by atoms with Crippen molar-refractivity contribution in [3.63, 3.8) is 0 Å². The molecule has 1 unspecified atom stereocenters. The molecule has 98 valence electrons. The smallest absolute Gasteiger partial charge is 0.226 e. The first-order valence-electron chi connectivity index (χ1n) is 5.95. The number of hydrogen-bond donors (Lipinski definition) is 2. The molecule has 0 aliphatic heterocycles. The van der Waals surface area contributed by atoms with Crippen molar-refractivity contribution >= 4 is 17.4 Å². The molecule has 1 amide bonds. The number of Topliss-reactive ketones (excluding diaryl/α,β-unsaturated/α-hetero) is 1. The molecule has 0 aliphatic carbocycles. The molecule has 4 nitrogen and oxygen atoms in total. The van der Waals surface area contributed by atoms with Crippen molar-refractivity contribution in [1.82, 2.24) is 0 Å². The van der Waals surface area contributed by atoms with E-state index in [9.17, 15) is 9.59 Å². The van der Waals surface area contributed by atoms with Crippen molar-refractivity contribution in [2.24, 2.45) is 0 Å². The first-order chi connectivity index (χ1) is 8.38. The summed E-state index contributed by atoms with van der Waals surface area (Å²) in [7, 11) is 0. The second kappa shape index (κ2) is 6.31. The highest BCUT2D eigenvalue weighted by Gasteiger charge is 2.10. The van der Waals surface area contributed by atoms with E-state index in [1.807, 2.05) is 25.1 Å². The highest BCUT2D eigenvalue weighted by atomic mass is 16.3. The van der Waals surface area contributed by atoms with E-state index in [-0.39, 0.29) is 18.1 Å². The zero-order chi connectivity index (χ0) is 13.7. The van der Waals surface area contributed by atoms with Gasteiger partial charge in [0.2, 0.25) is 5.91 Å². The Morgan fingerprint density at radius 3 is 2.61 bits per heavy atom. The molecule has 0 saturated carbocycles. The molecule has 18 heavy (non-hydrogen) atoms. The van der Waals surface area contributed by atoms with Crippen LogP contribution in [0.4, 0.5) is 5.69 Å². The van der Waals surface area contributed by atoms with Gasteiger partial charge in [-0.3, -0.25) is 9.59 Å². The van der Waals surface area contributed by atoms with Crippen LogP contribution in [-0.2, 0) is 16.0 Å². The second-order valence-corrected chi connectivity index (χ2v) is 4.64. The third-order valence-electron chi connectivity index (χ3n) is 2.46. The molecule has 4 heteroatoms. The minimum atomic E-state index is -0.675. The predicted molar refractivity (Wildman–Crippen MR) is 70.5 cm³/mol. The summed E-state index contributed by atoms with van der Waals surface area (Å²) in [5.74, 6) is -0.203. The fraction of sp³-hybridized carbons (Fsp3) is 0.429. The molecule has 0 aliphatic rings. The zero-order valence-electron chi connectivity index (χ0n) is 11.0. The van der Waals surface area contributed by atoms with Gasteiger partial charge in [0.15, 0.2) is 0 Å². The number of aliphatic hydroxyl groups excluding tert-OH is 1. The maximum Gasteiger partial charge on any atom is 0.226 e. The van der Waals surface area contributed by atoms with Gasteiger partial charge in [-0.15, -0.1) is 0 Å². The number of ketones is 1. The third-order valence-corrected chi connectivity index (χ3v) is 2.46.